The molecule has 144 valence electrons. The van der Waals surface area contributed by atoms with Crippen molar-refractivity contribution in [3.8, 4) is 11.3 Å². The van der Waals surface area contributed by atoms with Crippen molar-refractivity contribution >= 4 is 17.6 Å². The van der Waals surface area contributed by atoms with Crippen LogP contribution in [0.3, 0.4) is 0 Å². The first-order chi connectivity index (χ1) is 14.1. The fourth-order valence-electron chi connectivity index (χ4n) is 3.15. The zero-order valence-electron chi connectivity index (χ0n) is 16.5. The van der Waals surface area contributed by atoms with E-state index in [0.29, 0.717) is 6.54 Å². The van der Waals surface area contributed by atoms with E-state index in [4.69, 9.17) is 4.98 Å². The fraction of sp³-hybridized carbons (Fsp3) is 0.125. The molecule has 0 aliphatic carbocycles. The van der Waals surface area contributed by atoms with Crippen molar-refractivity contribution < 1.29 is 4.79 Å². The Kier molecular flexibility index (Phi) is 5.20. The maximum Gasteiger partial charge on any atom is 0.244 e. The molecule has 0 fully saturated rings. The summed E-state index contributed by atoms with van der Waals surface area (Å²) in [5, 5.41) is 2.89. The molecule has 0 aliphatic rings. The zero-order chi connectivity index (χ0) is 20.2. The van der Waals surface area contributed by atoms with Gasteiger partial charge in [0.15, 0.2) is 0 Å². The number of carbonyl (C=O) groups excluding carboxylic acids is 1. The Labute approximate surface area is 169 Å². The Hall–Kier alpha value is -3.73. The molecule has 0 saturated carbocycles. The lowest BCUT2D eigenvalue weighted by Gasteiger charge is -2.03. The summed E-state index contributed by atoms with van der Waals surface area (Å²) >= 11 is 0. The van der Waals surface area contributed by atoms with Gasteiger partial charge in [-0.05, 0) is 49.2 Å². The second-order valence-electron chi connectivity index (χ2n) is 7.06. The van der Waals surface area contributed by atoms with E-state index in [1.54, 1.807) is 18.5 Å². The Morgan fingerprint density at radius 2 is 1.93 bits per heavy atom. The molecule has 0 saturated heterocycles. The molecule has 0 aliphatic heterocycles. The van der Waals surface area contributed by atoms with Crippen LogP contribution in [-0.4, -0.2) is 20.3 Å². The van der Waals surface area contributed by atoms with Crippen molar-refractivity contribution in [1.82, 2.24) is 19.7 Å². The van der Waals surface area contributed by atoms with Crippen LogP contribution < -0.4 is 5.32 Å². The van der Waals surface area contributed by atoms with Crippen LogP contribution in [0.1, 0.15) is 22.4 Å². The van der Waals surface area contributed by atoms with Crippen molar-refractivity contribution in [1.29, 1.82) is 0 Å². The van der Waals surface area contributed by atoms with E-state index in [1.165, 1.54) is 5.56 Å². The van der Waals surface area contributed by atoms with Gasteiger partial charge < -0.3 is 5.32 Å². The Morgan fingerprint density at radius 1 is 1.10 bits per heavy atom. The van der Waals surface area contributed by atoms with E-state index < -0.39 is 0 Å². The van der Waals surface area contributed by atoms with Crippen LogP contribution in [0.25, 0.3) is 23.0 Å². The van der Waals surface area contributed by atoms with Gasteiger partial charge in [0.1, 0.15) is 5.65 Å². The van der Waals surface area contributed by atoms with E-state index in [1.807, 2.05) is 47.9 Å². The number of hydrogen-bond donors (Lipinski definition) is 1. The van der Waals surface area contributed by atoms with E-state index in [-0.39, 0.29) is 5.91 Å². The molecule has 3 heterocycles. The van der Waals surface area contributed by atoms with Crippen molar-refractivity contribution in [2.75, 3.05) is 0 Å². The summed E-state index contributed by atoms with van der Waals surface area (Å²) in [6.45, 7) is 4.54. The van der Waals surface area contributed by atoms with Gasteiger partial charge in [-0.1, -0.05) is 35.9 Å². The highest BCUT2D eigenvalue weighted by molar-refractivity contribution is 5.92. The van der Waals surface area contributed by atoms with Gasteiger partial charge in [-0.15, -0.1) is 0 Å². The lowest BCUT2D eigenvalue weighted by Crippen LogP contribution is -2.20. The maximum atomic E-state index is 12.3. The van der Waals surface area contributed by atoms with Crippen LogP contribution in [0.4, 0.5) is 0 Å². The van der Waals surface area contributed by atoms with Crippen LogP contribution in [0.5, 0.6) is 0 Å². The number of imidazole rings is 1. The average Bonchev–Trinajstić information content (AvgIpc) is 3.09. The predicted octanol–water partition coefficient (Wildman–Crippen LogP) is 4.34. The monoisotopic (exact) mass is 382 g/mol. The average molecular weight is 382 g/mol. The highest BCUT2D eigenvalue weighted by Crippen LogP contribution is 2.26. The predicted molar refractivity (Wildman–Crippen MR) is 115 cm³/mol. The van der Waals surface area contributed by atoms with Crippen LogP contribution >= 0.6 is 0 Å². The SMILES string of the molecule is Cc1ccc(-c2nc3cc(C)ccn3c2/C=C/C(=O)NCc2cccnc2)cc1. The second kappa shape index (κ2) is 8.10. The molecule has 0 spiro atoms. The summed E-state index contributed by atoms with van der Waals surface area (Å²) in [6.07, 6.45) is 8.82. The number of nitrogens with zero attached hydrogens (tertiary/aromatic N) is 3. The molecule has 5 nitrogen and oxygen atoms in total. The van der Waals surface area contributed by atoms with E-state index >= 15 is 0 Å². The fourth-order valence-corrected chi connectivity index (χ4v) is 3.15. The van der Waals surface area contributed by atoms with Gasteiger partial charge in [0, 0.05) is 36.8 Å². The molecule has 0 bridgehead atoms. The highest BCUT2D eigenvalue weighted by atomic mass is 16.1. The molecule has 1 aromatic carbocycles. The highest BCUT2D eigenvalue weighted by Gasteiger charge is 2.12. The quantitative estimate of drug-likeness (QED) is 0.522. The number of hydrogen-bond acceptors (Lipinski definition) is 3. The topological polar surface area (TPSA) is 59.3 Å². The third-order valence-corrected chi connectivity index (χ3v) is 4.73. The van der Waals surface area contributed by atoms with E-state index in [9.17, 15) is 4.79 Å². The van der Waals surface area contributed by atoms with Crippen LogP contribution in [0.2, 0.25) is 0 Å². The molecular weight excluding hydrogens is 360 g/mol. The summed E-state index contributed by atoms with van der Waals surface area (Å²) in [6, 6.07) is 16.1. The molecule has 5 heteroatoms. The van der Waals surface area contributed by atoms with Crippen LogP contribution in [0.15, 0.2) is 73.2 Å². The maximum absolute atomic E-state index is 12.3. The summed E-state index contributed by atoms with van der Waals surface area (Å²) in [7, 11) is 0. The van der Waals surface area contributed by atoms with E-state index in [2.05, 4.69) is 41.5 Å². The number of nitrogens with one attached hydrogen (secondary N) is 1. The van der Waals surface area contributed by atoms with Gasteiger partial charge in [0.2, 0.25) is 5.91 Å². The van der Waals surface area contributed by atoms with Gasteiger partial charge in [-0.3, -0.25) is 14.2 Å². The molecule has 4 aromatic rings. The van der Waals surface area contributed by atoms with Gasteiger partial charge in [0.05, 0.1) is 11.4 Å². The Balaban J connectivity index is 1.64. The van der Waals surface area contributed by atoms with E-state index in [0.717, 1.165) is 33.7 Å². The van der Waals surface area contributed by atoms with Crippen LogP contribution in [0, 0.1) is 13.8 Å². The summed E-state index contributed by atoms with van der Waals surface area (Å²) in [4.78, 5) is 21.2. The number of fused-ring (bicyclic) bond motifs is 1. The molecule has 1 N–H and O–H groups in total. The third kappa shape index (κ3) is 4.24. The molecule has 0 atom stereocenters. The van der Waals surface area contributed by atoms with Crippen molar-refractivity contribution in [2.45, 2.75) is 20.4 Å². The normalized spacial score (nSPS) is 11.2. The molecule has 0 radical (unpaired) electrons. The molecule has 1 amide bonds. The summed E-state index contributed by atoms with van der Waals surface area (Å²) < 4.78 is 2.01. The number of carbonyl (C=O) groups is 1. The lowest BCUT2D eigenvalue weighted by molar-refractivity contribution is -0.116. The smallest absolute Gasteiger partial charge is 0.244 e. The second-order valence-corrected chi connectivity index (χ2v) is 7.06. The number of benzene rings is 1. The molecule has 0 unspecified atom stereocenters. The Bertz CT molecular complexity index is 1170. The zero-order valence-corrected chi connectivity index (χ0v) is 16.5. The van der Waals surface area contributed by atoms with Crippen molar-refractivity contribution in [3.63, 3.8) is 0 Å². The first-order valence-corrected chi connectivity index (χ1v) is 9.51. The minimum absolute atomic E-state index is 0.161. The first kappa shape index (κ1) is 18.6. The standard InChI is InChI=1S/C24H22N4O/c1-17-5-7-20(8-6-17)24-21(28-13-11-18(2)14-22(28)27-24)9-10-23(29)26-16-19-4-3-12-25-15-19/h3-15H,16H2,1-2H3,(H,26,29)/b10-9+. The minimum Gasteiger partial charge on any atom is -0.348 e. The van der Waals surface area contributed by atoms with Crippen LogP contribution in [-0.2, 0) is 11.3 Å². The van der Waals surface area contributed by atoms with Gasteiger partial charge in [-0.2, -0.15) is 0 Å². The number of pyridine rings is 2. The third-order valence-electron chi connectivity index (χ3n) is 4.73. The molecule has 4 rings (SSSR count). The lowest BCUT2D eigenvalue weighted by atomic mass is 10.1. The van der Waals surface area contributed by atoms with Crippen molar-refractivity contribution in [2.24, 2.45) is 0 Å². The summed E-state index contributed by atoms with van der Waals surface area (Å²) in [5.41, 5.74) is 6.90. The van der Waals surface area contributed by atoms with Gasteiger partial charge >= 0.3 is 0 Å². The number of aromatic nitrogens is 3. The van der Waals surface area contributed by atoms with Gasteiger partial charge in [-0.25, -0.2) is 4.98 Å². The molecular formula is C24H22N4O. The Morgan fingerprint density at radius 3 is 2.69 bits per heavy atom. The number of aryl methyl sites for hydroxylation is 2. The van der Waals surface area contributed by atoms with Gasteiger partial charge in [0.25, 0.3) is 0 Å². The molecule has 29 heavy (non-hydrogen) atoms. The van der Waals surface area contributed by atoms with Crippen molar-refractivity contribution in [3.05, 3.63) is 95.6 Å². The molecule has 3 aromatic heterocycles. The number of amides is 1. The number of rotatable bonds is 5. The summed E-state index contributed by atoms with van der Waals surface area (Å²) in [5.74, 6) is -0.161. The largest absolute Gasteiger partial charge is 0.348 e. The first-order valence-electron chi connectivity index (χ1n) is 9.51. The minimum atomic E-state index is -0.161.